The molecule has 0 aromatic heterocycles. The van der Waals surface area contributed by atoms with Gasteiger partial charge in [-0.05, 0) is 29.3 Å². The summed E-state index contributed by atoms with van der Waals surface area (Å²) in [7, 11) is 1.65. The predicted octanol–water partition coefficient (Wildman–Crippen LogP) is 3.67. The van der Waals surface area contributed by atoms with Gasteiger partial charge in [0, 0.05) is 11.0 Å². The molecule has 0 aliphatic rings. The van der Waals surface area contributed by atoms with Crippen molar-refractivity contribution in [3.05, 3.63) is 64.1 Å². The van der Waals surface area contributed by atoms with Crippen molar-refractivity contribution in [2.24, 2.45) is 5.73 Å². The molecule has 0 saturated carbocycles. The van der Waals surface area contributed by atoms with E-state index in [0.717, 1.165) is 21.3 Å². The van der Waals surface area contributed by atoms with Gasteiger partial charge in [-0.15, -0.1) is 0 Å². The van der Waals surface area contributed by atoms with Gasteiger partial charge in [-0.3, -0.25) is 0 Å². The predicted molar refractivity (Wildman–Crippen MR) is 83.7 cm³/mol. The van der Waals surface area contributed by atoms with Crippen LogP contribution in [0.15, 0.2) is 53.0 Å². The number of nitrogens with two attached hydrogens (primary N) is 1. The average Bonchev–Trinajstić information content (AvgIpc) is 2.50. The highest BCUT2D eigenvalue weighted by molar-refractivity contribution is 9.10. The molecule has 0 radical (unpaired) electrons. The quantitative estimate of drug-likeness (QED) is 0.875. The molecule has 0 heterocycles. The maximum Gasteiger partial charge on any atom is 0.119 e. The fraction of sp³-hybridized carbons (Fsp3) is 0.250. The lowest BCUT2D eigenvalue weighted by molar-refractivity contribution is 0.0452. The summed E-state index contributed by atoms with van der Waals surface area (Å²) in [6, 6.07) is 15.8. The van der Waals surface area contributed by atoms with Crippen molar-refractivity contribution in [3.8, 4) is 5.75 Å². The third-order valence-electron chi connectivity index (χ3n) is 3.08. The third kappa shape index (κ3) is 3.82. The van der Waals surface area contributed by atoms with Crippen molar-refractivity contribution >= 4 is 15.9 Å². The number of ether oxygens (including phenoxy) is 2. The lowest BCUT2D eigenvalue weighted by Gasteiger charge is -2.17. The van der Waals surface area contributed by atoms with E-state index in [1.807, 2.05) is 48.5 Å². The number of rotatable bonds is 6. The molecule has 0 amide bonds. The second-order valence-corrected chi connectivity index (χ2v) is 5.26. The van der Waals surface area contributed by atoms with Crippen molar-refractivity contribution in [1.29, 1.82) is 0 Å². The van der Waals surface area contributed by atoms with Gasteiger partial charge in [0.05, 0.1) is 19.8 Å². The fourth-order valence-corrected chi connectivity index (χ4v) is 2.35. The monoisotopic (exact) mass is 335 g/mol. The van der Waals surface area contributed by atoms with Crippen LogP contribution in [-0.2, 0) is 11.3 Å². The number of hydrogen-bond donors (Lipinski definition) is 1. The number of methoxy groups -OCH3 is 1. The molecular formula is C16H18BrNO2. The smallest absolute Gasteiger partial charge is 0.119 e. The number of halogens is 1. The van der Waals surface area contributed by atoms with Crippen LogP contribution in [0.5, 0.6) is 5.75 Å². The Labute approximate surface area is 127 Å². The van der Waals surface area contributed by atoms with Crippen LogP contribution in [0.4, 0.5) is 0 Å². The van der Waals surface area contributed by atoms with E-state index in [9.17, 15) is 0 Å². The van der Waals surface area contributed by atoms with Crippen molar-refractivity contribution in [2.45, 2.75) is 12.7 Å². The first-order valence-corrected chi connectivity index (χ1v) is 7.23. The largest absolute Gasteiger partial charge is 0.497 e. The Morgan fingerprint density at radius 3 is 2.65 bits per heavy atom. The summed E-state index contributed by atoms with van der Waals surface area (Å²) in [6.07, 6.45) is -0.141. The normalized spacial score (nSPS) is 12.2. The second kappa shape index (κ2) is 7.43. The van der Waals surface area contributed by atoms with E-state index < -0.39 is 0 Å². The highest BCUT2D eigenvalue weighted by Gasteiger charge is 2.12. The molecule has 106 valence electrons. The minimum atomic E-state index is -0.141. The second-order valence-electron chi connectivity index (χ2n) is 4.40. The molecule has 0 bridgehead atoms. The summed E-state index contributed by atoms with van der Waals surface area (Å²) >= 11 is 3.52. The summed E-state index contributed by atoms with van der Waals surface area (Å²) < 4.78 is 12.2. The Kier molecular flexibility index (Phi) is 5.59. The van der Waals surface area contributed by atoms with Crippen molar-refractivity contribution < 1.29 is 9.47 Å². The fourth-order valence-electron chi connectivity index (χ4n) is 1.95. The zero-order valence-corrected chi connectivity index (χ0v) is 13.0. The molecule has 2 rings (SSSR count). The minimum Gasteiger partial charge on any atom is -0.497 e. The van der Waals surface area contributed by atoms with Crippen LogP contribution in [0.2, 0.25) is 0 Å². The SMILES string of the molecule is COc1cccc(C(CN)OCc2ccccc2Br)c1. The molecular weight excluding hydrogens is 318 g/mol. The van der Waals surface area contributed by atoms with Gasteiger partial charge in [0.2, 0.25) is 0 Å². The first-order valence-electron chi connectivity index (χ1n) is 6.43. The van der Waals surface area contributed by atoms with E-state index in [2.05, 4.69) is 15.9 Å². The van der Waals surface area contributed by atoms with Gasteiger partial charge >= 0.3 is 0 Å². The molecule has 4 heteroatoms. The summed E-state index contributed by atoms with van der Waals surface area (Å²) in [5.41, 5.74) is 7.95. The molecule has 0 saturated heterocycles. The lowest BCUT2D eigenvalue weighted by atomic mass is 10.1. The maximum atomic E-state index is 5.93. The van der Waals surface area contributed by atoms with Crippen LogP contribution in [0.3, 0.4) is 0 Å². The highest BCUT2D eigenvalue weighted by atomic mass is 79.9. The van der Waals surface area contributed by atoms with Gasteiger partial charge in [0.1, 0.15) is 5.75 Å². The van der Waals surface area contributed by atoms with Gasteiger partial charge in [0.15, 0.2) is 0 Å². The van der Waals surface area contributed by atoms with Crippen LogP contribution >= 0.6 is 15.9 Å². The summed E-state index contributed by atoms with van der Waals surface area (Å²) in [5, 5.41) is 0. The van der Waals surface area contributed by atoms with E-state index >= 15 is 0 Å². The zero-order chi connectivity index (χ0) is 14.4. The van der Waals surface area contributed by atoms with Crippen LogP contribution in [0, 0.1) is 0 Å². The zero-order valence-electron chi connectivity index (χ0n) is 11.4. The topological polar surface area (TPSA) is 44.5 Å². The first kappa shape index (κ1) is 15.0. The van der Waals surface area contributed by atoms with E-state index in [1.54, 1.807) is 7.11 Å². The third-order valence-corrected chi connectivity index (χ3v) is 3.85. The van der Waals surface area contributed by atoms with Gasteiger partial charge in [-0.1, -0.05) is 46.3 Å². The highest BCUT2D eigenvalue weighted by Crippen LogP contribution is 2.24. The Balaban J connectivity index is 2.07. The standard InChI is InChI=1S/C16H18BrNO2/c1-19-14-7-4-6-12(9-14)16(10-18)20-11-13-5-2-3-8-15(13)17/h2-9,16H,10-11,18H2,1H3. The van der Waals surface area contributed by atoms with E-state index in [1.165, 1.54) is 0 Å². The molecule has 2 aromatic carbocycles. The van der Waals surface area contributed by atoms with Crippen LogP contribution < -0.4 is 10.5 Å². The molecule has 20 heavy (non-hydrogen) atoms. The minimum absolute atomic E-state index is 0.141. The van der Waals surface area contributed by atoms with Crippen molar-refractivity contribution in [3.63, 3.8) is 0 Å². The Morgan fingerprint density at radius 2 is 1.95 bits per heavy atom. The maximum absolute atomic E-state index is 5.93. The molecule has 1 unspecified atom stereocenters. The van der Waals surface area contributed by atoms with E-state index in [4.69, 9.17) is 15.2 Å². The lowest BCUT2D eigenvalue weighted by Crippen LogP contribution is -2.16. The molecule has 1 atom stereocenters. The molecule has 0 aliphatic heterocycles. The molecule has 0 fully saturated rings. The Hall–Kier alpha value is -1.36. The van der Waals surface area contributed by atoms with Gasteiger partial charge < -0.3 is 15.2 Å². The Morgan fingerprint density at radius 1 is 1.15 bits per heavy atom. The van der Waals surface area contributed by atoms with E-state index in [0.29, 0.717) is 13.2 Å². The molecule has 3 nitrogen and oxygen atoms in total. The van der Waals surface area contributed by atoms with Crippen LogP contribution in [0.25, 0.3) is 0 Å². The summed E-state index contributed by atoms with van der Waals surface area (Å²) in [4.78, 5) is 0. The van der Waals surface area contributed by atoms with Crippen molar-refractivity contribution in [1.82, 2.24) is 0 Å². The summed E-state index contributed by atoms with van der Waals surface area (Å²) in [5.74, 6) is 0.811. The average molecular weight is 336 g/mol. The molecule has 2 aromatic rings. The van der Waals surface area contributed by atoms with Crippen LogP contribution in [0.1, 0.15) is 17.2 Å². The van der Waals surface area contributed by atoms with Gasteiger partial charge in [0.25, 0.3) is 0 Å². The molecule has 0 aliphatic carbocycles. The molecule has 0 spiro atoms. The van der Waals surface area contributed by atoms with E-state index in [-0.39, 0.29) is 6.10 Å². The van der Waals surface area contributed by atoms with Gasteiger partial charge in [-0.25, -0.2) is 0 Å². The van der Waals surface area contributed by atoms with Crippen LogP contribution in [-0.4, -0.2) is 13.7 Å². The van der Waals surface area contributed by atoms with Gasteiger partial charge in [-0.2, -0.15) is 0 Å². The number of benzene rings is 2. The first-order chi connectivity index (χ1) is 9.74. The Bertz CT molecular complexity index is 560. The summed E-state index contributed by atoms with van der Waals surface area (Å²) in [6.45, 7) is 0.943. The number of hydrogen-bond acceptors (Lipinski definition) is 3. The van der Waals surface area contributed by atoms with Crippen molar-refractivity contribution in [2.75, 3.05) is 13.7 Å². The molecule has 2 N–H and O–H groups in total.